The lowest BCUT2D eigenvalue weighted by Crippen LogP contribution is -2.11. The van der Waals surface area contributed by atoms with Crippen molar-refractivity contribution in [1.29, 1.82) is 0 Å². The van der Waals surface area contributed by atoms with Gasteiger partial charge >= 0.3 is 11.9 Å². The van der Waals surface area contributed by atoms with Crippen molar-refractivity contribution in [3.05, 3.63) is 35.4 Å². The van der Waals surface area contributed by atoms with Gasteiger partial charge in [-0.05, 0) is 28.1 Å². The normalized spacial score (nSPS) is 10.3. The van der Waals surface area contributed by atoms with Gasteiger partial charge in [-0.2, -0.15) is 0 Å². The summed E-state index contributed by atoms with van der Waals surface area (Å²) in [5.41, 5.74) is 1.43. The Morgan fingerprint density at radius 2 is 2.05 bits per heavy atom. The highest BCUT2D eigenvalue weighted by molar-refractivity contribution is 7.98. The highest BCUT2D eigenvalue weighted by atomic mass is 32.2. The molecular weight excluding hydrogens is 296 g/mol. The van der Waals surface area contributed by atoms with Gasteiger partial charge in [-0.25, -0.2) is 9.48 Å². The van der Waals surface area contributed by atoms with Gasteiger partial charge in [0.05, 0.1) is 12.7 Å². The lowest BCUT2D eigenvalue weighted by atomic mass is 10.1. The maximum absolute atomic E-state index is 11.3. The monoisotopic (exact) mass is 308 g/mol. The number of tetrazole rings is 1. The van der Waals surface area contributed by atoms with Crippen LogP contribution >= 0.6 is 11.8 Å². The lowest BCUT2D eigenvalue weighted by Gasteiger charge is -2.03. The Kier molecular flexibility index (Phi) is 4.88. The van der Waals surface area contributed by atoms with Crippen LogP contribution in [0.15, 0.2) is 29.4 Å². The van der Waals surface area contributed by atoms with E-state index in [1.165, 1.54) is 23.6 Å². The van der Waals surface area contributed by atoms with E-state index in [1.807, 2.05) is 0 Å². The number of hydrogen-bond donors (Lipinski definition) is 1. The molecule has 0 aliphatic rings. The van der Waals surface area contributed by atoms with E-state index in [0.29, 0.717) is 16.5 Å². The SMILES string of the molecule is COC(=O)c1ccc(CSc2nnnn2CC(=O)O)cc1. The number of carboxylic acids is 1. The first-order valence-electron chi connectivity index (χ1n) is 5.88. The smallest absolute Gasteiger partial charge is 0.337 e. The molecule has 0 atom stereocenters. The van der Waals surface area contributed by atoms with Crippen LogP contribution < -0.4 is 0 Å². The number of thioether (sulfide) groups is 1. The fourth-order valence-corrected chi connectivity index (χ4v) is 2.36. The summed E-state index contributed by atoms with van der Waals surface area (Å²) in [5, 5.41) is 20.0. The van der Waals surface area contributed by atoms with Gasteiger partial charge in [-0.1, -0.05) is 23.9 Å². The highest BCUT2D eigenvalue weighted by Crippen LogP contribution is 2.20. The van der Waals surface area contributed by atoms with Crippen molar-refractivity contribution in [3.8, 4) is 0 Å². The summed E-state index contributed by atoms with van der Waals surface area (Å²) in [6.07, 6.45) is 0. The fourth-order valence-electron chi connectivity index (χ4n) is 1.53. The lowest BCUT2D eigenvalue weighted by molar-refractivity contribution is -0.138. The zero-order valence-electron chi connectivity index (χ0n) is 11.1. The number of esters is 1. The maximum Gasteiger partial charge on any atom is 0.337 e. The third-order valence-corrected chi connectivity index (χ3v) is 3.56. The number of carbonyl (C=O) groups excluding carboxylic acids is 1. The Balaban J connectivity index is 1.98. The molecule has 1 N–H and O–H groups in total. The Bertz CT molecular complexity index is 641. The van der Waals surface area contributed by atoms with Crippen molar-refractivity contribution in [2.45, 2.75) is 17.5 Å². The van der Waals surface area contributed by atoms with Gasteiger partial charge < -0.3 is 9.84 Å². The Morgan fingerprint density at radius 3 is 2.67 bits per heavy atom. The van der Waals surface area contributed by atoms with Crippen molar-refractivity contribution >= 4 is 23.7 Å². The number of methoxy groups -OCH3 is 1. The van der Waals surface area contributed by atoms with Crippen molar-refractivity contribution in [1.82, 2.24) is 20.2 Å². The average Bonchev–Trinajstić information content (AvgIpc) is 2.91. The zero-order chi connectivity index (χ0) is 15.2. The second kappa shape index (κ2) is 6.84. The molecule has 0 unspecified atom stereocenters. The molecule has 9 heteroatoms. The fraction of sp³-hybridized carbons (Fsp3) is 0.250. The molecule has 2 rings (SSSR count). The maximum atomic E-state index is 11.3. The zero-order valence-corrected chi connectivity index (χ0v) is 11.9. The first kappa shape index (κ1) is 15.0. The van der Waals surface area contributed by atoms with Crippen molar-refractivity contribution in [2.24, 2.45) is 0 Å². The molecule has 0 amide bonds. The molecule has 0 saturated heterocycles. The topological polar surface area (TPSA) is 107 Å². The third kappa shape index (κ3) is 4.02. The van der Waals surface area contributed by atoms with Crippen LogP contribution in [0.3, 0.4) is 0 Å². The van der Waals surface area contributed by atoms with Crippen LogP contribution in [-0.4, -0.2) is 44.4 Å². The molecule has 110 valence electrons. The number of rotatable bonds is 6. The van der Waals surface area contributed by atoms with E-state index in [0.717, 1.165) is 5.56 Å². The van der Waals surface area contributed by atoms with Crippen molar-refractivity contribution < 1.29 is 19.4 Å². The van der Waals surface area contributed by atoms with Crippen LogP contribution in [0.1, 0.15) is 15.9 Å². The number of aliphatic carboxylic acids is 1. The summed E-state index contributed by atoms with van der Waals surface area (Å²) in [6.45, 7) is -0.281. The van der Waals surface area contributed by atoms with Crippen LogP contribution in [0.5, 0.6) is 0 Å². The van der Waals surface area contributed by atoms with Crippen LogP contribution in [0.4, 0.5) is 0 Å². The number of benzene rings is 1. The molecular formula is C12H12N4O4S. The minimum absolute atomic E-state index is 0.281. The largest absolute Gasteiger partial charge is 0.480 e. The first-order chi connectivity index (χ1) is 10.1. The quantitative estimate of drug-likeness (QED) is 0.618. The van der Waals surface area contributed by atoms with Gasteiger partial charge in [0.25, 0.3) is 0 Å². The number of aromatic nitrogens is 4. The van der Waals surface area contributed by atoms with E-state index in [4.69, 9.17) is 5.11 Å². The van der Waals surface area contributed by atoms with Gasteiger partial charge in [0, 0.05) is 5.75 Å². The van der Waals surface area contributed by atoms with Crippen molar-refractivity contribution in [2.75, 3.05) is 7.11 Å². The second-order valence-electron chi connectivity index (χ2n) is 3.99. The predicted molar refractivity (Wildman–Crippen MR) is 72.8 cm³/mol. The van der Waals surface area contributed by atoms with Crippen LogP contribution in [0.2, 0.25) is 0 Å². The number of carboxylic acid groups (broad SMARTS) is 1. The first-order valence-corrected chi connectivity index (χ1v) is 6.86. The second-order valence-corrected chi connectivity index (χ2v) is 4.93. The summed E-state index contributed by atoms with van der Waals surface area (Å²) in [5.74, 6) is -0.840. The summed E-state index contributed by atoms with van der Waals surface area (Å²) in [6, 6.07) is 6.93. The summed E-state index contributed by atoms with van der Waals surface area (Å²) >= 11 is 1.32. The Morgan fingerprint density at radius 1 is 1.33 bits per heavy atom. The van der Waals surface area contributed by atoms with Gasteiger partial charge in [0.15, 0.2) is 0 Å². The molecule has 0 saturated carbocycles. The Labute approximate surface area is 124 Å². The average molecular weight is 308 g/mol. The van der Waals surface area contributed by atoms with E-state index in [9.17, 15) is 9.59 Å². The van der Waals surface area contributed by atoms with E-state index in [-0.39, 0.29) is 12.5 Å². The predicted octanol–water partition coefficient (Wildman–Crippen LogP) is 0.837. The van der Waals surface area contributed by atoms with E-state index in [2.05, 4.69) is 20.3 Å². The molecule has 0 bridgehead atoms. The van der Waals surface area contributed by atoms with Crippen LogP contribution in [-0.2, 0) is 21.8 Å². The number of hydrogen-bond acceptors (Lipinski definition) is 7. The molecule has 0 radical (unpaired) electrons. The van der Waals surface area contributed by atoms with E-state index < -0.39 is 5.97 Å². The molecule has 2 aromatic rings. The molecule has 1 heterocycles. The molecule has 0 aliphatic heterocycles. The van der Waals surface area contributed by atoms with Crippen LogP contribution in [0, 0.1) is 0 Å². The molecule has 21 heavy (non-hydrogen) atoms. The van der Waals surface area contributed by atoms with Crippen molar-refractivity contribution in [3.63, 3.8) is 0 Å². The van der Waals surface area contributed by atoms with E-state index >= 15 is 0 Å². The summed E-state index contributed by atoms with van der Waals surface area (Å²) in [7, 11) is 1.33. The van der Waals surface area contributed by atoms with Gasteiger partial charge in [0.2, 0.25) is 5.16 Å². The standard InChI is InChI=1S/C12H12N4O4S/c1-20-11(19)9-4-2-8(3-5-9)7-21-12-13-14-15-16(12)6-10(17)18/h2-5H,6-7H2,1H3,(H,17,18). The van der Waals surface area contributed by atoms with Gasteiger partial charge in [0.1, 0.15) is 6.54 Å². The molecule has 0 fully saturated rings. The molecule has 0 spiro atoms. The molecule has 0 aliphatic carbocycles. The number of carbonyl (C=O) groups is 2. The minimum atomic E-state index is -1.01. The highest BCUT2D eigenvalue weighted by Gasteiger charge is 2.10. The summed E-state index contributed by atoms with van der Waals surface area (Å²) < 4.78 is 5.84. The molecule has 1 aromatic heterocycles. The van der Waals surface area contributed by atoms with E-state index in [1.54, 1.807) is 24.3 Å². The summed E-state index contributed by atoms with van der Waals surface area (Å²) in [4.78, 5) is 22.0. The van der Waals surface area contributed by atoms with Crippen LogP contribution in [0.25, 0.3) is 0 Å². The van der Waals surface area contributed by atoms with Gasteiger partial charge in [-0.15, -0.1) is 5.10 Å². The number of nitrogens with zero attached hydrogens (tertiary/aromatic N) is 4. The number of ether oxygens (including phenoxy) is 1. The molecule has 1 aromatic carbocycles. The van der Waals surface area contributed by atoms with Gasteiger partial charge in [-0.3, -0.25) is 4.79 Å². The Hall–Kier alpha value is -2.42. The third-order valence-electron chi connectivity index (χ3n) is 2.53. The minimum Gasteiger partial charge on any atom is -0.480 e. The molecule has 8 nitrogen and oxygen atoms in total.